The first-order chi connectivity index (χ1) is 9.13. The van der Waals surface area contributed by atoms with E-state index in [0.717, 1.165) is 0 Å². The van der Waals surface area contributed by atoms with Crippen LogP contribution in [0.4, 0.5) is 0 Å². The summed E-state index contributed by atoms with van der Waals surface area (Å²) < 4.78 is 5.47. The van der Waals surface area contributed by atoms with Crippen LogP contribution in [-0.2, 0) is 4.79 Å². The van der Waals surface area contributed by atoms with E-state index >= 15 is 0 Å². The minimum Gasteiger partial charge on any atom is -0.507 e. The molecule has 1 atom stereocenters. The third-order valence-electron chi connectivity index (χ3n) is 3.18. The van der Waals surface area contributed by atoms with Crippen LogP contribution < -0.4 is 4.74 Å². The number of carbonyl (C=O) groups excluding carboxylic acids is 1. The Morgan fingerprint density at radius 2 is 1.84 bits per heavy atom. The van der Waals surface area contributed by atoms with Crippen LogP contribution in [-0.4, -0.2) is 21.6 Å². The number of fused-ring (bicyclic) bond motifs is 2. The topological polar surface area (TPSA) is 87.0 Å². The lowest BCUT2D eigenvalue weighted by Crippen LogP contribution is -2.11. The van der Waals surface area contributed by atoms with Crippen molar-refractivity contribution in [2.24, 2.45) is 0 Å². The molecule has 1 heterocycles. The van der Waals surface area contributed by atoms with Gasteiger partial charge in [0.25, 0.3) is 0 Å². The summed E-state index contributed by atoms with van der Waals surface area (Å²) in [6.07, 6.45) is 0.663. The molecule has 19 heavy (non-hydrogen) atoms. The highest BCUT2D eigenvalue weighted by atomic mass is 16.5. The average molecular weight is 258 g/mol. The van der Waals surface area contributed by atoms with Gasteiger partial charge in [0.1, 0.15) is 17.8 Å². The van der Waals surface area contributed by atoms with Gasteiger partial charge in [-0.1, -0.05) is 12.1 Å². The highest BCUT2D eigenvalue weighted by Crippen LogP contribution is 2.52. The van der Waals surface area contributed by atoms with Crippen molar-refractivity contribution >= 4 is 6.29 Å². The van der Waals surface area contributed by atoms with E-state index in [1.165, 1.54) is 18.2 Å². The van der Waals surface area contributed by atoms with E-state index in [1.807, 2.05) is 0 Å². The molecule has 0 aliphatic carbocycles. The van der Waals surface area contributed by atoms with Crippen LogP contribution in [0.5, 0.6) is 28.7 Å². The van der Waals surface area contributed by atoms with Crippen LogP contribution in [0.1, 0.15) is 17.0 Å². The molecule has 2 aromatic rings. The first-order valence-electron chi connectivity index (χ1n) is 5.63. The lowest BCUT2D eigenvalue weighted by Gasteiger charge is -2.26. The number of phenolic OH excluding ortho intramolecular Hbond substituents is 3. The van der Waals surface area contributed by atoms with E-state index in [-0.39, 0.29) is 23.0 Å². The Hall–Kier alpha value is -2.69. The predicted molar refractivity (Wildman–Crippen MR) is 65.9 cm³/mol. The quantitative estimate of drug-likeness (QED) is 0.539. The number of ether oxygens (including phenoxy) is 1. The van der Waals surface area contributed by atoms with Gasteiger partial charge in [-0.05, 0) is 18.2 Å². The van der Waals surface area contributed by atoms with Gasteiger partial charge in [-0.3, -0.25) is 0 Å². The fourth-order valence-electron chi connectivity index (χ4n) is 2.27. The van der Waals surface area contributed by atoms with Gasteiger partial charge in [-0.15, -0.1) is 0 Å². The molecule has 1 aliphatic heterocycles. The molecule has 0 amide bonds. The summed E-state index contributed by atoms with van der Waals surface area (Å²) in [6.45, 7) is 0. The van der Waals surface area contributed by atoms with Crippen molar-refractivity contribution in [2.45, 2.75) is 5.92 Å². The molecular weight excluding hydrogens is 248 g/mol. The van der Waals surface area contributed by atoms with E-state index in [0.29, 0.717) is 17.4 Å². The molecule has 1 aliphatic rings. The van der Waals surface area contributed by atoms with Gasteiger partial charge in [-0.25, -0.2) is 0 Å². The van der Waals surface area contributed by atoms with Gasteiger partial charge in [0.15, 0.2) is 11.5 Å². The van der Waals surface area contributed by atoms with E-state index < -0.39 is 11.7 Å². The van der Waals surface area contributed by atoms with Crippen molar-refractivity contribution in [3.63, 3.8) is 0 Å². The molecule has 5 nitrogen and oxygen atoms in total. The molecule has 96 valence electrons. The van der Waals surface area contributed by atoms with E-state index in [4.69, 9.17) is 4.74 Å². The molecule has 5 heteroatoms. The largest absolute Gasteiger partial charge is 0.507 e. The minimum absolute atomic E-state index is 0.0372. The number of rotatable bonds is 1. The zero-order chi connectivity index (χ0) is 13.6. The molecule has 0 fully saturated rings. The standard InChI is InChI=1S/C14H10O5/c15-6-8-7-4-5-10(17)13(18)14(7)19-11-3-1-2-9(16)12(8)11/h1-6,8,16-18H. The second kappa shape index (κ2) is 3.91. The molecule has 0 saturated carbocycles. The lowest BCUT2D eigenvalue weighted by atomic mass is 9.88. The van der Waals surface area contributed by atoms with Crippen molar-refractivity contribution in [1.29, 1.82) is 0 Å². The van der Waals surface area contributed by atoms with Gasteiger partial charge in [-0.2, -0.15) is 0 Å². The summed E-state index contributed by atoms with van der Waals surface area (Å²) in [4.78, 5) is 11.3. The van der Waals surface area contributed by atoms with Crippen molar-refractivity contribution < 1.29 is 24.9 Å². The monoisotopic (exact) mass is 258 g/mol. The Morgan fingerprint density at radius 3 is 2.58 bits per heavy atom. The number of hydrogen-bond donors (Lipinski definition) is 3. The predicted octanol–water partition coefficient (Wildman–Crippen LogP) is 2.24. The molecule has 3 N–H and O–H groups in total. The Bertz CT molecular complexity index is 678. The first kappa shape index (κ1) is 11.4. The summed E-state index contributed by atoms with van der Waals surface area (Å²) in [7, 11) is 0. The highest BCUT2D eigenvalue weighted by molar-refractivity contribution is 5.78. The molecule has 0 saturated heterocycles. The summed E-state index contributed by atoms with van der Waals surface area (Å²) in [5.41, 5.74) is 0.759. The maximum atomic E-state index is 11.3. The Morgan fingerprint density at radius 1 is 1.05 bits per heavy atom. The zero-order valence-electron chi connectivity index (χ0n) is 9.70. The normalized spacial score (nSPS) is 16.1. The smallest absolute Gasteiger partial charge is 0.201 e. The van der Waals surface area contributed by atoms with Crippen LogP contribution in [0.25, 0.3) is 0 Å². The molecule has 3 rings (SSSR count). The number of aldehydes is 1. The van der Waals surface area contributed by atoms with Gasteiger partial charge >= 0.3 is 0 Å². The molecular formula is C14H10O5. The minimum atomic E-state index is -0.744. The van der Waals surface area contributed by atoms with E-state index in [1.54, 1.807) is 12.1 Å². The van der Waals surface area contributed by atoms with E-state index in [9.17, 15) is 20.1 Å². The van der Waals surface area contributed by atoms with Crippen molar-refractivity contribution in [3.8, 4) is 28.7 Å². The van der Waals surface area contributed by atoms with Crippen molar-refractivity contribution in [3.05, 3.63) is 41.5 Å². The Balaban J connectivity index is 2.29. The molecule has 2 aromatic carbocycles. The summed E-state index contributed by atoms with van der Waals surface area (Å²) >= 11 is 0. The second-order valence-corrected chi connectivity index (χ2v) is 4.26. The number of hydrogen-bond acceptors (Lipinski definition) is 5. The molecule has 0 spiro atoms. The van der Waals surface area contributed by atoms with Crippen LogP contribution >= 0.6 is 0 Å². The number of aromatic hydroxyl groups is 3. The summed E-state index contributed by atoms with van der Waals surface area (Å²) in [5.74, 6) is -1.22. The van der Waals surface area contributed by atoms with Crippen LogP contribution in [0.2, 0.25) is 0 Å². The van der Waals surface area contributed by atoms with E-state index in [2.05, 4.69) is 0 Å². The van der Waals surface area contributed by atoms with Gasteiger partial charge in [0.2, 0.25) is 5.75 Å². The molecule has 0 bridgehead atoms. The zero-order valence-corrected chi connectivity index (χ0v) is 9.70. The van der Waals surface area contributed by atoms with Gasteiger partial charge in [0.05, 0.1) is 11.5 Å². The summed E-state index contributed by atoms with van der Waals surface area (Å²) in [5, 5.41) is 29.1. The van der Waals surface area contributed by atoms with Crippen LogP contribution in [0.3, 0.4) is 0 Å². The SMILES string of the molecule is O=CC1c2ccc(O)c(O)c2Oc2cccc(O)c21. The van der Waals surface area contributed by atoms with Crippen LogP contribution in [0.15, 0.2) is 30.3 Å². The third-order valence-corrected chi connectivity index (χ3v) is 3.18. The average Bonchev–Trinajstić information content (AvgIpc) is 2.41. The second-order valence-electron chi connectivity index (χ2n) is 4.26. The third kappa shape index (κ3) is 1.52. The number of benzene rings is 2. The van der Waals surface area contributed by atoms with Gasteiger partial charge in [0, 0.05) is 5.56 Å². The fraction of sp³-hybridized carbons (Fsp3) is 0.0714. The Labute approximate surface area is 108 Å². The molecule has 0 radical (unpaired) electrons. The molecule has 0 aromatic heterocycles. The molecule has 1 unspecified atom stereocenters. The first-order valence-corrected chi connectivity index (χ1v) is 5.63. The maximum absolute atomic E-state index is 11.3. The highest BCUT2D eigenvalue weighted by Gasteiger charge is 2.32. The lowest BCUT2D eigenvalue weighted by molar-refractivity contribution is -0.108. The Kier molecular flexibility index (Phi) is 2.35. The summed E-state index contributed by atoms with van der Waals surface area (Å²) in [6, 6.07) is 7.38. The van der Waals surface area contributed by atoms with Gasteiger partial charge < -0.3 is 24.9 Å². The fourth-order valence-corrected chi connectivity index (χ4v) is 2.27. The maximum Gasteiger partial charge on any atom is 0.201 e. The van der Waals surface area contributed by atoms with Crippen LogP contribution in [0, 0.1) is 0 Å². The number of phenols is 3. The number of carbonyl (C=O) groups is 1. The van der Waals surface area contributed by atoms with Crippen molar-refractivity contribution in [2.75, 3.05) is 0 Å². The van der Waals surface area contributed by atoms with Crippen molar-refractivity contribution in [1.82, 2.24) is 0 Å².